The molecule has 0 saturated carbocycles. The molecule has 0 spiro atoms. The van der Waals surface area contributed by atoms with Crippen LogP contribution in [0, 0.1) is 0 Å². The third kappa shape index (κ3) is 2.50. The molecule has 3 N–H and O–H groups in total. The highest BCUT2D eigenvalue weighted by molar-refractivity contribution is 6.37. The Balaban J connectivity index is 2.17. The van der Waals surface area contributed by atoms with Gasteiger partial charge in [0.2, 0.25) is 0 Å². The average Bonchev–Trinajstić information content (AvgIpc) is 2.85. The van der Waals surface area contributed by atoms with Crippen molar-refractivity contribution in [3.8, 4) is 11.4 Å². The molecular weight excluding hydrogens is 309 g/mol. The average molecular weight is 322 g/mol. The molecule has 0 aliphatic rings. The van der Waals surface area contributed by atoms with Crippen molar-refractivity contribution in [2.75, 3.05) is 24.7 Å². The fourth-order valence-corrected chi connectivity index (χ4v) is 2.53. The molecule has 0 aliphatic heterocycles. The molecule has 5 nitrogen and oxygen atoms in total. The summed E-state index contributed by atoms with van der Waals surface area (Å²) in [5, 5.41) is 0.909. The van der Waals surface area contributed by atoms with E-state index in [0.717, 1.165) is 11.3 Å². The van der Waals surface area contributed by atoms with Crippen LogP contribution >= 0.6 is 23.2 Å². The molecular formula is C14H13Cl2N5. The van der Waals surface area contributed by atoms with Gasteiger partial charge < -0.3 is 15.6 Å². The Morgan fingerprint density at radius 1 is 1.14 bits per heavy atom. The molecule has 7 heteroatoms. The van der Waals surface area contributed by atoms with Crippen molar-refractivity contribution in [1.82, 2.24) is 15.0 Å². The van der Waals surface area contributed by atoms with E-state index < -0.39 is 0 Å². The highest BCUT2D eigenvalue weighted by Crippen LogP contribution is 2.34. The van der Waals surface area contributed by atoms with Crippen molar-refractivity contribution in [1.29, 1.82) is 0 Å². The van der Waals surface area contributed by atoms with E-state index in [2.05, 4.69) is 15.0 Å². The summed E-state index contributed by atoms with van der Waals surface area (Å²) >= 11 is 12.1. The van der Waals surface area contributed by atoms with Crippen molar-refractivity contribution < 1.29 is 0 Å². The van der Waals surface area contributed by atoms with E-state index in [1.807, 2.05) is 31.1 Å². The fraction of sp³-hybridized carbons (Fsp3) is 0.143. The number of nitrogens with two attached hydrogens (primary N) is 1. The van der Waals surface area contributed by atoms with Crippen LogP contribution in [0.25, 0.3) is 22.6 Å². The molecule has 108 valence electrons. The lowest BCUT2D eigenvalue weighted by Crippen LogP contribution is -2.10. The lowest BCUT2D eigenvalue weighted by Gasteiger charge is -2.09. The molecule has 0 bridgehead atoms. The van der Waals surface area contributed by atoms with Gasteiger partial charge in [-0.25, -0.2) is 9.97 Å². The van der Waals surface area contributed by atoms with Crippen molar-refractivity contribution in [2.24, 2.45) is 0 Å². The third-order valence-electron chi connectivity index (χ3n) is 3.14. The van der Waals surface area contributed by atoms with Gasteiger partial charge in [0, 0.05) is 24.7 Å². The van der Waals surface area contributed by atoms with E-state index in [-0.39, 0.29) is 0 Å². The first-order valence-electron chi connectivity index (χ1n) is 6.24. The van der Waals surface area contributed by atoms with Crippen LogP contribution < -0.4 is 10.6 Å². The number of imidazole rings is 1. The zero-order valence-corrected chi connectivity index (χ0v) is 13.0. The first kappa shape index (κ1) is 14.0. The standard InChI is InChI=1S/C14H13Cl2N5/c1-21(2)11-4-3-10-14(19-11)20-13(18-10)8-5-7(15)6-9(16)12(8)17/h3-6H,17H2,1-2H3,(H,18,19,20). The van der Waals surface area contributed by atoms with E-state index in [9.17, 15) is 0 Å². The van der Waals surface area contributed by atoms with Gasteiger partial charge in [-0.1, -0.05) is 23.2 Å². The second kappa shape index (κ2) is 5.09. The Morgan fingerprint density at radius 3 is 2.62 bits per heavy atom. The normalized spacial score (nSPS) is 11.0. The van der Waals surface area contributed by atoms with Crippen molar-refractivity contribution >= 4 is 45.9 Å². The first-order chi connectivity index (χ1) is 9.95. The summed E-state index contributed by atoms with van der Waals surface area (Å²) in [4.78, 5) is 14.0. The largest absolute Gasteiger partial charge is 0.397 e. The smallest absolute Gasteiger partial charge is 0.180 e. The Bertz CT molecular complexity index is 826. The second-order valence-corrected chi connectivity index (χ2v) is 5.71. The number of nitrogens with zero attached hydrogens (tertiary/aromatic N) is 3. The number of rotatable bonds is 2. The molecule has 0 saturated heterocycles. The molecule has 1 aromatic carbocycles. The van der Waals surface area contributed by atoms with Crippen LogP contribution in [0.1, 0.15) is 0 Å². The molecule has 0 amide bonds. The van der Waals surface area contributed by atoms with E-state index in [0.29, 0.717) is 32.8 Å². The van der Waals surface area contributed by atoms with E-state index >= 15 is 0 Å². The fourth-order valence-electron chi connectivity index (χ4n) is 2.04. The highest BCUT2D eigenvalue weighted by atomic mass is 35.5. The minimum absolute atomic E-state index is 0.403. The Labute approximate surface area is 131 Å². The molecule has 0 aliphatic carbocycles. The van der Waals surface area contributed by atoms with Gasteiger partial charge in [0.1, 0.15) is 11.6 Å². The topological polar surface area (TPSA) is 70.8 Å². The van der Waals surface area contributed by atoms with Gasteiger partial charge >= 0.3 is 0 Å². The van der Waals surface area contributed by atoms with Gasteiger partial charge in [-0.15, -0.1) is 0 Å². The van der Waals surface area contributed by atoms with Gasteiger partial charge in [0.25, 0.3) is 0 Å². The van der Waals surface area contributed by atoms with Gasteiger partial charge in [-0.05, 0) is 24.3 Å². The Hall–Kier alpha value is -1.98. The van der Waals surface area contributed by atoms with Crippen molar-refractivity contribution in [3.05, 3.63) is 34.3 Å². The highest BCUT2D eigenvalue weighted by Gasteiger charge is 2.13. The summed E-state index contributed by atoms with van der Waals surface area (Å²) in [6, 6.07) is 7.18. The molecule has 0 radical (unpaired) electrons. The third-order valence-corrected chi connectivity index (χ3v) is 3.67. The van der Waals surface area contributed by atoms with Gasteiger partial charge in [-0.2, -0.15) is 0 Å². The van der Waals surface area contributed by atoms with E-state index in [1.54, 1.807) is 12.1 Å². The molecule has 0 unspecified atom stereocenters. The number of hydrogen-bond acceptors (Lipinski definition) is 4. The number of anilines is 2. The maximum absolute atomic E-state index is 6.06. The SMILES string of the molecule is CN(C)c1ccc2[nH]c(-c3cc(Cl)cc(Cl)c3N)nc2n1. The zero-order chi connectivity index (χ0) is 15.1. The number of pyridine rings is 1. The zero-order valence-electron chi connectivity index (χ0n) is 11.5. The molecule has 21 heavy (non-hydrogen) atoms. The Kier molecular flexibility index (Phi) is 3.39. The molecule has 2 heterocycles. The number of nitrogen functional groups attached to an aromatic ring is 1. The monoisotopic (exact) mass is 321 g/mol. The van der Waals surface area contributed by atoms with Crippen LogP contribution in [-0.2, 0) is 0 Å². The molecule has 2 aromatic heterocycles. The maximum atomic E-state index is 6.06. The summed E-state index contributed by atoms with van der Waals surface area (Å²) in [6.45, 7) is 0. The van der Waals surface area contributed by atoms with Crippen LogP contribution in [0.15, 0.2) is 24.3 Å². The van der Waals surface area contributed by atoms with Crippen molar-refractivity contribution in [3.63, 3.8) is 0 Å². The van der Waals surface area contributed by atoms with Crippen LogP contribution in [0.3, 0.4) is 0 Å². The number of hydrogen-bond donors (Lipinski definition) is 2. The molecule has 0 atom stereocenters. The predicted molar refractivity (Wildman–Crippen MR) is 88.1 cm³/mol. The number of aromatic amines is 1. The van der Waals surface area contributed by atoms with Crippen LogP contribution in [0.5, 0.6) is 0 Å². The first-order valence-corrected chi connectivity index (χ1v) is 7.00. The number of H-pyrrole nitrogens is 1. The van der Waals surface area contributed by atoms with Gasteiger partial charge in [-0.3, -0.25) is 0 Å². The predicted octanol–water partition coefficient (Wildman–Crippen LogP) is 3.58. The van der Waals surface area contributed by atoms with Crippen molar-refractivity contribution in [2.45, 2.75) is 0 Å². The number of nitrogens with one attached hydrogen (secondary N) is 1. The van der Waals surface area contributed by atoms with Gasteiger partial charge in [0.05, 0.1) is 16.2 Å². The summed E-state index contributed by atoms with van der Waals surface area (Å²) in [7, 11) is 3.85. The number of benzene rings is 1. The van der Waals surface area contributed by atoms with Crippen LogP contribution in [0.2, 0.25) is 10.0 Å². The lowest BCUT2D eigenvalue weighted by atomic mass is 10.1. The second-order valence-electron chi connectivity index (χ2n) is 4.87. The number of halogens is 2. The maximum Gasteiger partial charge on any atom is 0.180 e. The summed E-state index contributed by atoms with van der Waals surface area (Å²) in [5.41, 5.74) is 8.55. The number of aromatic nitrogens is 3. The summed E-state index contributed by atoms with van der Waals surface area (Å²) < 4.78 is 0. The molecule has 3 aromatic rings. The van der Waals surface area contributed by atoms with Crippen LogP contribution in [0.4, 0.5) is 11.5 Å². The minimum Gasteiger partial charge on any atom is -0.397 e. The molecule has 0 fully saturated rings. The summed E-state index contributed by atoms with van der Waals surface area (Å²) in [6.07, 6.45) is 0. The van der Waals surface area contributed by atoms with Gasteiger partial charge in [0.15, 0.2) is 5.65 Å². The Morgan fingerprint density at radius 2 is 1.90 bits per heavy atom. The summed E-state index contributed by atoms with van der Waals surface area (Å²) in [5.74, 6) is 1.42. The van der Waals surface area contributed by atoms with Crippen LogP contribution in [-0.4, -0.2) is 29.0 Å². The van der Waals surface area contributed by atoms with E-state index in [1.165, 1.54) is 0 Å². The molecule has 3 rings (SSSR count). The van der Waals surface area contributed by atoms with E-state index in [4.69, 9.17) is 28.9 Å². The minimum atomic E-state index is 0.403. The lowest BCUT2D eigenvalue weighted by molar-refractivity contribution is 1.08. The number of fused-ring (bicyclic) bond motifs is 1. The quantitative estimate of drug-likeness (QED) is 0.708.